The molecule has 1 atom stereocenters. The molecule has 0 bridgehead atoms. The monoisotopic (exact) mass is 490 g/mol. The molecule has 0 heterocycles. The molecule has 0 aliphatic rings. The van der Waals surface area contributed by atoms with Crippen molar-refractivity contribution in [2.45, 2.75) is 58.7 Å². The molecule has 3 aromatic carbocycles. The highest BCUT2D eigenvalue weighted by molar-refractivity contribution is 5.88. The first kappa shape index (κ1) is 26.9. The van der Waals surface area contributed by atoms with Gasteiger partial charge in [-0.25, -0.2) is 4.39 Å². The Kier molecular flexibility index (Phi) is 9.62. The fourth-order valence-corrected chi connectivity index (χ4v) is 4.03. The third-order valence-electron chi connectivity index (χ3n) is 5.86. The second-order valence-corrected chi connectivity index (χ2v) is 9.50. The fraction of sp³-hybridized carbons (Fsp3) is 0.333. The number of benzene rings is 3. The van der Waals surface area contributed by atoms with E-state index in [2.05, 4.69) is 19.2 Å². The normalized spacial score (nSPS) is 11.9. The molecule has 0 aliphatic heterocycles. The van der Waals surface area contributed by atoms with E-state index in [1.165, 1.54) is 17.0 Å². The Morgan fingerprint density at radius 3 is 2.14 bits per heavy atom. The zero-order valence-corrected chi connectivity index (χ0v) is 21.4. The fourth-order valence-electron chi connectivity index (χ4n) is 4.03. The standard InChI is InChI=1S/C30H35FN2O3/c1-21(2)26-12-8-9-13-28(26)36-20-29(34)33(19-24-14-16-25(31)17-15-24)27(30(35)32-22(3)4)18-23-10-6-5-7-11-23/h5-17,21-22,27H,18-20H2,1-4H3,(H,32,35). The number of halogens is 1. The first-order valence-electron chi connectivity index (χ1n) is 12.3. The van der Waals surface area contributed by atoms with Crippen LogP contribution in [0.4, 0.5) is 4.39 Å². The van der Waals surface area contributed by atoms with Crippen molar-refractivity contribution in [2.24, 2.45) is 0 Å². The van der Waals surface area contributed by atoms with Crippen LogP contribution in [-0.4, -0.2) is 35.4 Å². The molecular formula is C30H35FN2O3. The van der Waals surface area contributed by atoms with E-state index in [1.54, 1.807) is 12.1 Å². The topological polar surface area (TPSA) is 58.6 Å². The van der Waals surface area contributed by atoms with Crippen LogP contribution < -0.4 is 10.1 Å². The summed E-state index contributed by atoms with van der Waals surface area (Å²) in [6, 6.07) is 22.4. The van der Waals surface area contributed by atoms with Crippen LogP contribution in [0.5, 0.6) is 5.75 Å². The lowest BCUT2D eigenvalue weighted by atomic mass is 10.0. The molecule has 1 N–H and O–H groups in total. The number of carbonyl (C=O) groups is 2. The summed E-state index contributed by atoms with van der Waals surface area (Å²) in [6.07, 6.45) is 0.342. The molecule has 0 aromatic heterocycles. The van der Waals surface area contributed by atoms with Crippen molar-refractivity contribution in [1.82, 2.24) is 10.2 Å². The highest BCUT2D eigenvalue weighted by Gasteiger charge is 2.31. The molecule has 0 spiro atoms. The summed E-state index contributed by atoms with van der Waals surface area (Å²) in [7, 11) is 0. The number of hydrogen-bond acceptors (Lipinski definition) is 3. The minimum atomic E-state index is -0.767. The highest BCUT2D eigenvalue weighted by atomic mass is 19.1. The van der Waals surface area contributed by atoms with Gasteiger partial charge in [0.1, 0.15) is 17.6 Å². The second kappa shape index (κ2) is 12.9. The maximum atomic E-state index is 13.6. The lowest BCUT2D eigenvalue weighted by Crippen LogP contribution is -2.52. The smallest absolute Gasteiger partial charge is 0.261 e. The van der Waals surface area contributed by atoms with Gasteiger partial charge in [0.15, 0.2) is 6.61 Å². The lowest BCUT2D eigenvalue weighted by Gasteiger charge is -2.32. The maximum absolute atomic E-state index is 13.6. The van der Waals surface area contributed by atoms with Crippen molar-refractivity contribution in [3.05, 3.63) is 101 Å². The van der Waals surface area contributed by atoms with Gasteiger partial charge >= 0.3 is 0 Å². The number of nitrogens with zero attached hydrogens (tertiary/aromatic N) is 1. The Balaban J connectivity index is 1.92. The van der Waals surface area contributed by atoms with Crippen molar-refractivity contribution < 1.29 is 18.7 Å². The molecular weight excluding hydrogens is 455 g/mol. The average Bonchev–Trinajstić information content (AvgIpc) is 2.86. The highest BCUT2D eigenvalue weighted by Crippen LogP contribution is 2.26. The molecule has 0 saturated heterocycles. The minimum Gasteiger partial charge on any atom is -0.483 e. The number of amides is 2. The molecule has 0 radical (unpaired) electrons. The quantitative estimate of drug-likeness (QED) is 0.387. The maximum Gasteiger partial charge on any atom is 0.261 e. The van der Waals surface area contributed by atoms with Gasteiger partial charge in [-0.1, -0.05) is 74.5 Å². The predicted octanol–water partition coefficient (Wildman–Crippen LogP) is 5.49. The van der Waals surface area contributed by atoms with Crippen LogP contribution in [0.2, 0.25) is 0 Å². The van der Waals surface area contributed by atoms with E-state index >= 15 is 0 Å². The number of ether oxygens (including phenoxy) is 1. The molecule has 0 aliphatic carbocycles. The SMILES string of the molecule is CC(C)NC(=O)C(Cc1ccccc1)N(Cc1ccc(F)cc1)C(=O)COc1ccccc1C(C)C. The summed E-state index contributed by atoms with van der Waals surface area (Å²) >= 11 is 0. The van der Waals surface area contributed by atoms with E-state index in [-0.39, 0.29) is 42.7 Å². The Hall–Kier alpha value is -3.67. The summed E-state index contributed by atoms with van der Waals surface area (Å²) in [5.41, 5.74) is 2.67. The van der Waals surface area contributed by atoms with E-state index in [1.807, 2.05) is 68.4 Å². The zero-order chi connectivity index (χ0) is 26.1. The van der Waals surface area contributed by atoms with Gasteiger partial charge in [-0.05, 0) is 54.7 Å². The number of carbonyl (C=O) groups excluding carboxylic acids is 2. The third-order valence-corrected chi connectivity index (χ3v) is 5.86. The van der Waals surface area contributed by atoms with Crippen LogP contribution in [0.25, 0.3) is 0 Å². The summed E-state index contributed by atoms with van der Waals surface area (Å²) in [6.45, 7) is 7.83. The van der Waals surface area contributed by atoms with E-state index in [4.69, 9.17) is 4.74 Å². The summed E-state index contributed by atoms with van der Waals surface area (Å²) in [5, 5.41) is 2.96. The molecule has 0 saturated carbocycles. The first-order chi connectivity index (χ1) is 17.2. The van der Waals surface area contributed by atoms with Crippen molar-refractivity contribution >= 4 is 11.8 Å². The van der Waals surface area contributed by atoms with Crippen molar-refractivity contribution in [1.29, 1.82) is 0 Å². The minimum absolute atomic E-state index is 0.0901. The van der Waals surface area contributed by atoms with Gasteiger partial charge in [-0.2, -0.15) is 0 Å². The Morgan fingerprint density at radius 2 is 1.50 bits per heavy atom. The van der Waals surface area contributed by atoms with Gasteiger partial charge in [0.2, 0.25) is 5.91 Å². The summed E-state index contributed by atoms with van der Waals surface area (Å²) < 4.78 is 19.5. The first-order valence-corrected chi connectivity index (χ1v) is 12.3. The number of rotatable bonds is 11. The second-order valence-electron chi connectivity index (χ2n) is 9.50. The molecule has 2 amide bonds. The Morgan fingerprint density at radius 1 is 0.861 bits per heavy atom. The van der Waals surface area contributed by atoms with E-state index in [0.29, 0.717) is 12.2 Å². The molecule has 190 valence electrons. The third kappa shape index (κ3) is 7.67. The van der Waals surface area contributed by atoms with Crippen LogP contribution in [0.3, 0.4) is 0 Å². The lowest BCUT2D eigenvalue weighted by molar-refractivity contribution is -0.143. The van der Waals surface area contributed by atoms with Crippen LogP contribution in [0.1, 0.15) is 50.3 Å². The average molecular weight is 491 g/mol. The van der Waals surface area contributed by atoms with Crippen molar-refractivity contribution in [2.75, 3.05) is 6.61 Å². The number of para-hydroxylation sites is 1. The molecule has 1 unspecified atom stereocenters. The van der Waals surface area contributed by atoms with Crippen LogP contribution in [0, 0.1) is 5.82 Å². The van der Waals surface area contributed by atoms with Crippen LogP contribution in [-0.2, 0) is 22.6 Å². The van der Waals surface area contributed by atoms with Gasteiger partial charge in [0, 0.05) is 19.0 Å². The van der Waals surface area contributed by atoms with Gasteiger partial charge in [-0.15, -0.1) is 0 Å². The Bertz CT molecular complexity index is 1130. The summed E-state index contributed by atoms with van der Waals surface area (Å²) in [5.74, 6) is -0.0450. The molecule has 5 nitrogen and oxygen atoms in total. The van der Waals surface area contributed by atoms with E-state index in [0.717, 1.165) is 16.7 Å². The van der Waals surface area contributed by atoms with Gasteiger partial charge < -0.3 is 15.0 Å². The molecule has 0 fully saturated rings. The van der Waals surface area contributed by atoms with Crippen LogP contribution >= 0.6 is 0 Å². The molecule has 6 heteroatoms. The van der Waals surface area contributed by atoms with Gasteiger partial charge in [0.25, 0.3) is 5.91 Å². The molecule has 36 heavy (non-hydrogen) atoms. The summed E-state index contributed by atoms with van der Waals surface area (Å²) in [4.78, 5) is 28.5. The van der Waals surface area contributed by atoms with Crippen LogP contribution in [0.15, 0.2) is 78.9 Å². The number of nitrogens with one attached hydrogen (secondary N) is 1. The van der Waals surface area contributed by atoms with Crippen molar-refractivity contribution in [3.63, 3.8) is 0 Å². The largest absolute Gasteiger partial charge is 0.483 e. The molecule has 3 rings (SSSR count). The van der Waals surface area contributed by atoms with Crippen molar-refractivity contribution in [3.8, 4) is 5.75 Å². The molecule has 3 aromatic rings. The van der Waals surface area contributed by atoms with Gasteiger partial charge in [0.05, 0.1) is 0 Å². The number of hydrogen-bond donors (Lipinski definition) is 1. The Labute approximate surface area is 213 Å². The van der Waals surface area contributed by atoms with E-state index in [9.17, 15) is 14.0 Å². The van der Waals surface area contributed by atoms with E-state index < -0.39 is 6.04 Å². The predicted molar refractivity (Wildman–Crippen MR) is 140 cm³/mol. The van der Waals surface area contributed by atoms with Gasteiger partial charge in [-0.3, -0.25) is 9.59 Å². The zero-order valence-electron chi connectivity index (χ0n) is 21.4.